The second-order valence-electron chi connectivity index (χ2n) is 7.93. The highest BCUT2D eigenvalue weighted by Gasteiger charge is 2.30. The smallest absolute Gasteiger partial charge is 0.416 e. The van der Waals surface area contributed by atoms with Crippen LogP contribution in [0.2, 0.25) is 0 Å². The first-order valence-corrected chi connectivity index (χ1v) is 11.0. The number of carbonyl (C=O) groups is 1. The van der Waals surface area contributed by atoms with Gasteiger partial charge in [0.15, 0.2) is 11.5 Å². The molecule has 0 saturated carbocycles. The summed E-state index contributed by atoms with van der Waals surface area (Å²) in [5, 5.41) is 3.01. The van der Waals surface area contributed by atoms with Crippen molar-refractivity contribution in [2.75, 3.05) is 26.8 Å². The predicted octanol–water partition coefficient (Wildman–Crippen LogP) is 4.91. The molecule has 33 heavy (non-hydrogen) atoms. The van der Waals surface area contributed by atoms with E-state index in [1.807, 2.05) is 19.1 Å². The fourth-order valence-corrected chi connectivity index (χ4v) is 3.83. The van der Waals surface area contributed by atoms with E-state index in [1.54, 1.807) is 25.3 Å². The molecule has 1 saturated heterocycles. The van der Waals surface area contributed by atoms with Gasteiger partial charge in [-0.3, -0.25) is 9.69 Å². The molecule has 0 atom stereocenters. The van der Waals surface area contributed by atoms with E-state index < -0.39 is 11.7 Å². The lowest BCUT2D eigenvalue weighted by molar-refractivity contribution is -0.137. The maximum Gasteiger partial charge on any atom is 0.416 e. The van der Waals surface area contributed by atoms with Gasteiger partial charge >= 0.3 is 6.18 Å². The molecule has 3 rings (SSSR count). The van der Waals surface area contributed by atoms with Crippen LogP contribution in [0.25, 0.3) is 6.08 Å². The number of carbonyl (C=O) groups excluding carboxylic acids is 1. The van der Waals surface area contributed by atoms with E-state index in [-0.39, 0.29) is 11.9 Å². The number of likely N-dealkylation sites (tertiary alicyclic amines) is 1. The number of methoxy groups -OCH3 is 1. The summed E-state index contributed by atoms with van der Waals surface area (Å²) in [6.07, 6.45) is 0.370. The number of nitrogens with one attached hydrogen (secondary N) is 1. The quantitative estimate of drug-likeness (QED) is 0.567. The van der Waals surface area contributed by atoms with Gasteiger partial charge in [-0.25, -0.2) is 0 Å². The van der Waals surface area contributed by atoms with Crippen LogP contribution in [0.15, 0.2) is 48.5 Å². The first kappa shape index (κ1) is 24.6. The number of alkyl halides is 3. The first-order valence-electron chi connectivity index (χ1n) is 11.0. The van der Waals surface area contributed by atoms with E-state index in [4.69, 9.17) is 9.47 Å². The van der Waals surface area contributed by atoms with Gasteiger partial charge in [-0.15, -0.1) is 0 Å². The maximum absolute atomic E-state index is 12.9. The Kier molecular flexibility index (Phi) is 8.38. The zero-order valence-electron chi connectivity index (χ0n) is 18.8. The Bertz CT molecular complexity index is 968. The van der Waals surface area contributed by atoms with Crippen molar-refractivity contribution in [3.63, 3.8) is 0 Å². The third-order valence-corrected chi connectivity index (χ3v) is 5.51. The molecular formula is C25H29F3N2O3. The monoisotopic (exact) mass is 462 g/mol. The fourth-order valence-electron chi connectivity index (χ4n) is 3.83. The molecule has 1 amide bonds. The molecule has 1 fully saturated rings. The Balaban J connectivity index is 1.48. The van der Waals surface area contributed by atoms with Crippen LogP contribution in [-0.2, 0) is 17.5 Å². The summed E-state index contributed by atoms with van der Waals surface area (Å²) in [5.41, 5.74) is 0.839. The van der Waals surface area contributed by atoms with Crippen molar-refractivity contribution in [2.24, 2.45) is 0 Å². The van der Waals surface area contributed by atoms with E-state index in [2.05, 4.69) is 10.2 Å². The highest BCUT2D eigenvalue weighted by atomic mass is 19.4. The van der Waals surface area contributed by atoms with Crippen LogP contribution in [0.3, 0.4) is 0 Å². The number of rotatable bonds is 8. The Morgan fingerprint density at radius 2 is 1.91 bits per heavy atom. The number of benzene rings is 2. The highest BCUT2D eigenvalue weighted by Crippen LogP contribution is 2.30. The Morgan fingerprint density at radius 1 is 1.15 bits per heavy atom. The predicted molar refractivity (Wildman–Crippen MR) is 121 cm³/mol. The van der Waals surface area contributed by atoms with Crippen LogP contribution in [0, 0.1) is 0 Å². The van der Waals surface area contributed by atoms with E-state index in [0.29, 0.717) is 43.3 Å². The highest BCUT2D eigenvalue weighted by molar-refractivity contribution is 5.92. The van der Waals surface area contributed by atoms with Gasteiger partial charge in [-0.1, -0.05) is 24.3 Å². The second-order valence-corrected chi connectivity index (χ2v) is 7.93. The van der Waals surface area contributed by atoms with Gasteiger partial charge in [0.05, 0.1) is 19.3 Å². The summed E-state index contributed by atoms with van der Waals surface area (Å²) in [6, 6.07) is 10.9. The number of piperidine rings is 1. The minimum atomic E-state index is -4.34. The molecule has 0 spiro atoms. The Morgan fingerprint density at radius 3 is 2.58 bits per heavy atom. The summed E-state index contributed by atoms with van der Waals surface area (Å²) in [7, 11) is 1.58. The van der Waals surface area contributed by atoms with Crippen molar-refractivity contribution in [3.8, 4) is 11.5 Å². The largest absolute Gasteiger partial charge is 0.493 e. The molecule has 1 N–H and O–H groups in total. The van der Waals surface area contributed by atoms with Crippen LogP contribution in [0.4, 0.5) is 13.2 Å². The molecule has 2 aromatic rings. The average Bonchev–Trinajstić information content (AvgIpc) is 2.79. The number of hydrogen-bond donors (Lipinski definition) is 1. The molecule has 1 aliphatic rings. The molecule has 8 heteroatoms. The van der Waals surface area contributed by atoms with Gasteiger partial charge in [0, 0.05) is 31.8 Å². The van der Waals surface area contributed by atoms with Crippen molar-refractivity contribution in [3.05, 3.63) is 65.2 Å². The van der Waals surface area contributed by atoms with Crippen molar-refractivity contribution in [2.45, 2.75) is 38.5 Å². The van der Waals surface area contributed by atoms with Gasteiger partial charge < -0.3 is 14.8 Å². The molecule has 2 aromatic carbocycles. The molecule has 0 unspecified atom stereocenters. The average molecular weight is 463 g/mol. The summed E-state index contributed by atoms with van der Waals surface area (Å²) >= 11 is 0. The third-order valence-electron chi connectivity index (χ3n) is 5.51. The molecule has 178 valence electrons. The van der Waals surface area contributed by atoms with Gasteiger partial charge in [-0.2, -0.15) is 13.2 Å². The van der Waals surface area contributed by atoms with E-state index >= 15 is 0 Å². The summed E-state index contributed by atoms with van der Waals surface area (Å²) in [4.78, 5) is 14.5. The zero-order valence-corrected chi connectivity index (χ0v) is 18.8. The normalized spacial score (nSPS) is 15.5. The summed E-state index contributed by atoms with van der Waals surface area (Å²) in [5.74, 6) is 1.08. The van der Waals surface area contributed by atoms with Crippen molar-refractivity contribution < 1.29 is 27.4 Å². The van der Waals surface area contributed by atoms with Gasteiger partial charge in [0.1, 0.15) is 0 Å². The van der Waals surface area contributed by atoms with E-state index in [9.17, 15) is 18.0 Å². The molecule has 1 heterocycles. The van der Waals surface area contributed by atoms with Gasteiger partial charge in [0.25, 0.3) is 0 Å². The van der Waals surface area contributed by atoms with Crippen LogP contribution >= 0.6 is 0 Å². The standard InChI is InChI=1S/C25H29F3N2O3/c1-3-33-23-16-18(7-9-22(23)32-2)8-10-24(31)29-21-11-13-30(14-12-21)17-19-5-4-6-20(15-19)25(26,27)28/h4-10,15-16,21H,3,11-14,17H2,1-2H3,(H,29,31). The number of amides is 1. The summed E-state index contributed by atoms with van der Waals surface area (Å²) < 4.78 is 49.5. The van der Waals surface area contributed by atoms with Gasteiger partial charge in [0.2, 0.25) is 5.91 Å². The van der Waals surface area contributed by atoms with Crippen LogP contribution in [-0.4, -0.2) is 43.7 Å². The molecule has 0 aliphatic carbocycles. The van der Waals surface area contributed by atoms with E-state index in [1.165, 1.54) is 18.2 Å². The van der Waals surface area contributed by atoms with Crippen LogP contribution < -0.4 is 14.8 Å². The first-order chi connectivity index (χ1) is 15.8. The van der Waals surface area contributed by atoms with E-state index in [0.717, 1.165) is 24.5 Å². The Labute approximate surface area is 192 Å². The number of hydrogen-bond acceptors (Lipinski definition) is 4. The molecule has 5 nitrogen and oxygen atoms in total. The third kappa shape index (κ3) is 7.25. The zero-order chi connectivity index (χ0) is 23.8. The molecular weight excluding hydrogens is 433 g/mol. The minimum Gasteiger partial charge on any atom is -0.493 e. The van der Waals surface area contributed by atoms with Gasteiger partial charge in [-0.05, 0) is 55.2 Å². The van der Waals surface area contributed by atoms with Crippen LogP contribution in [0.1, 0.15) is 36.5 Å². The lowest BCUT2D eigenvalue weighted by atomic mass is 10.0. The minimum absolute atomic E-state index is 0.0368. The number of halogens is 3. The van der Waals surface area contributed by atoms with Crippen molar-refractivity contribution in [1.29, 1.82) is 0 Å². The Hall–Kier alpha value is -3.00. The van der Waals surface area contributed by atoms with Crippen LogP contribution in [0.5, 0.6) is 11.5 Å². The lowest BCUT2D eigenvalue weighted by Gasteiger charge is -2.32. The van der Waals surface area contributed by atoms with Crippen molar-refractivity contribution >= 4 is 12.0 Å². The van der Waals surface area contributed by atoms with Crippen molar-refractivity contribution in [1.82, 2.24) is 10.2 Å². The summed E-state index contributed by atoms with van der Waals surface area (Å²) in [6.45, 7) is 4.28. The molecule has 0 bridgehead atoms. The number of ether oxygens (including phenoxy) is 2. The molecule has 1 aliphatic heterocycles. The lowest BCUT2D eigenvalue weighted by Crippen LogP contribution is -2.43. The SMILES string of the molecule is CCOc1cc(C=CC(=O)NC2CCN(Cc3cccc(C(F)(F)F)c3)CC2)ccc1OC. The topological polar surface area (TPSA) is 50.8 Å². The molecule has 0 radical (unpaired) electrons. The second kappa shape index (κ2) is 11.2. The fraction of sp³-hybridized carbons (Fsp3) is 0.400. The molecule has 0 aromatic heterocycles. The number of nitrogens with zero attached hydrogens (tertiary/aromatic N) is 1. The maximum atomic E-state index is 12.9.